The summed E-state index contributed by atoms with van der Waals surface area (Å²) >= 11 is 0. The lowest BCUT2D eigenvalue weighted by Crippen LogP contribution is -2.59. The molecule has 0 aliphatic carbocycles. The van der Waals surface area contributed by atoms with Crippen LogP contribution in [0.15, 0.2) is 0 Å². The van der Waals surface area contributed by atoms with Crippen LogP contribution in [0.4, 0.5) is 52.7 Å². The molecule has 2 N–H and O–H groups in total. The highest BCUT2D eigenvalue weighted by atomic mass is 31.1. The van der Waals surface area contributed by atoms with Crippen molar-refractivity contribution in [3.05, 3.63) is 0 Å². The normalized spacial score (nSPS) is 17.3. The number of hydrogen-bond acceptors (Lipinski definition) is 2. The quantitative estimate of drug-likeness (QED) is 0.578. The van der Waals surface area contributed by atoms with Gasteiger partial charge in [0.05, 0.1) is 8.15 Å². The summed E-state index contributed by atoms with van der Waals surface area (Å²) in [6.07, 6.45) is -27.4. The molecular formula is C6H3F12O2P. The molecule has 0 radical (unpaired) electrons. The predicted molar refractivity (Wildman–Crippen MR) is 42.1 cm³/mol. The van der Waals surface area contributed by atoms with Gasteiger partial charge in [-0.2, -0.15) is 52.7 Å². The van der Waals surface area contributed by atoms with Crippen LogP contribution in [0.3, 0.4) is 0 Å². The topological polar surface area (TPSA) is 40.5 Å². The second-order valence-electron chi connectivity index (χ2n) is 3.50. The van der Waals surface area contributed by atoms with Crippen LogP contribution >= 0.6 is 8.15 Å². The third-order valence-electron chi connectivity index (χ3n) is 1.99. The molecule has 2 nitrogen and oxygen atoms in total. The first kappa shape index (κ1) is 20.5. The summed E-state index contributed by atoms with van der Waals surface area (Å²) in [5.41, 5.74) is -5.40. The summed E-state index contributed by atoms with van der Waals surface area (Å²) in [4.78, 5) is 8.51. The van der Waals surface area contributed by atoms with Crippen molar-refractivity contribution in [1.29, 1.82) is 0 Å². The molecule has 0 heterocycles. The maximum Gasteiger partial charge on any atom is 0.432 e. The smallest absolute Gasteiger partial charge is 0.369 e. The summed E-state index contributed by atoms with van der Waals surface area (Å²) in [7, 11) is -6.09. The first-order valence-corrected chi connectivity index (χ1v) is 5.61. The summed E-state index contributed by atoms with van der Waals surface area (Å²) in [6.45, 7) is 0. The van der Waals surface area contributed by atoms with Crippen molar-refractivity contribution < 1.29 is 62.7 Å². The molecule has 128 valence electrons. The lowest BCUT2D eigenvalue weighted by molar-refractivity contribution is -0.334. The number of rotatable bonds is 2. The molecule has 0 fully saturated rings. The largest absolute Gasteiger partial charge is 0.432 e. The second-order valence-corrected chi connectivity index (χ2v) is 5.35. The maximum atomic E-state index is 12.1. The first-order chi connectivity index (χ1) is 8.78. The predicted octanol–water partition coefficient (Wildman–Crippen LogP) is 3.68. The molecule has 21 heavy (non-hydrogen) atoms. The molecule has 0 saturated heterocycles. The van der Waals surface area contributed by atoms with E-state index in [1.165, 1.54) is 0 Å². The highest BCUT2D eigenvalue weighted by Gasteiger charge is 2.80. The van der Waals surface area contributed by atoms with Gasteiger partial charge in [-0.3, -0.25) is 0 Å². The summed E-state index contributed by atoms with van der Waals surface area (Å²) in [5.74, 6) is 0. The average Bonchev–Trinajstić information content (AvgIpc) is 2.07. The Morgan fingerprint density at radius 2 is 0.857 bits per heavy atom. The maximum absolute atomic E-state index is 12.1. The van der Waals surface area contributed by atoms with Crippen molar-refractivity contribution in [2.24, 2.45) is 0 Å². The van der Waals surface area contributed by atoms with Crippen molar-refractivity contribution >= 4 is 8.15 Å². The van der Waals surface area contributed by atoms with E-state index in [1.807, 2.05) is 0 Å². The second kappa shape index (κ2) is 5.30. The number of alkyl halides is 12. The molecule has 0 spiro atoms. The Hall–Kier alpha value is -0.490. The van der Waals surface area contributed by atoms with E-state index in [0.29, 0.717) is 0 Å². The Kier molecular flexibility index (Phi) is 5.18. The van der Waals surface area contributed by atoms with Gasteiger partial charge in [-0.25, -0.2) is 0 Å². The molecule has 15 heteroatoms. The van der Waals surface area contributed by atoms with E-state index in [2.05, 4.69) is 0 Å². The Morgan fingerprint density at radius 3 is 1.00 bits per heavy atom. The van der Waals surface area contributed by atoms with Crippen molar-refractivity contribution in [2.75, 3.05) is 0 Å². The molecule has 1 unspecified atom stereocenters. The molecule has 0 aromatic heterocycles. The number of hydrogen-bond donors (Lipinski definition) is 2. The lowest BCUT2D eigenvalue weighted by atomic mass is 10.3. The van der Waals surface area contributed by atoms with Gasteiger partial charge in [0.1, 0.15) is 0 Å². The minimum atomic E-state index is -7.01. The minimum Gasteiger partial charge on any atom is -0.369 e. The third-order valence-corrected chi connectivity index (χ3v) is 4.23. The molecule has 0 bridgehead atoms. The molecule has 0 rings (SSSR count). The molecule has 0 amide bonds. The van der Waals surface area contributed by atoms with Crippen molar-refractivity contribution in [2.45, 2.75) is 35.7 Å². The highest BCUT2D eigenvalue weighted by molar-refractivity contribution is 7.54. The van der Waals surface area contributed by atoms with Crippen LogP contribution in [-0.2, 0) is 0 Å². The van der Waals surface area contributed by atoms with Gasteiger partial charge in [0, 0.05) is 0 Å². The minimum absolute atomic E-state index is 5.40. The Morgan fingerprint density at radius 1 is 0.619 bits per heavy atom. The van der Waals surface area contributed by atoms with E-state index >= 15 is 0 Å². The first-order valence-electron chi connectivity index (χ1n) is 4.25. The molecule has 0 aliphatic heterocycles. The van der Waals surface area contributed by atoms with Crippen LogP contribution in [0.5, 0.6) is 0 Å². The van der Waals surface area contributed by atoms with E-state index in [1.54, 1.807) is 0 Å². The molecular weight excluding hydrogens is 363 g/mol. The van der Waals surface area contributed by atoms with Crippen LogP contribution < -0.4 is 0 Å². The Labute approximate surface area is 108 Å². The van der Waals surface area contributed by atoms with Gasteiger partial charge in [0.2, 0.25) is 0 Å². The van der Waals surface area contributed by atoms with E-state index in [4.69, 9.17) is 10.00 Å². The molecule has 0 aromatic rings. The van der Waals surface area contributed by atoms with Gasteiger partial charge in [-0.05, 0) is 0 Å². The fourth-order valence-corrected chi connectivity index (χ4v) is 2.52. The fraction of sp³-hybridized carbons (Fsp3) is 1.00. The lowest BCUT2D eigenvalue weighted by Gasteiger charge is -2.39. The molecule has 0 saturated carbocycles. The van der Waals surface area contributed by atoms with Crippen LogP contribution in [0.2, 0.25) is 0 Å². The fourth-order valence-electron chi connectivity index (χ4n) is 1.07. The standard InChI is InChI=1S/C6H3F12O2P/c7-2(8,9)1(3(10,11)12)21(20)4(19,5(13,14)15)6(16,17)18/h1,19-20H. The van der Waals surface area contributed by atoms with Gasteiger partial charge in [0.15, 0.2) is 5.66 Å². The average molecular weight is 366 g/mol. The van der Waals surface area contributed by atoms with Crippen molar-refractivity contribution in [1.82, 2.24) is 0 Å². The Balaban J connectivity index is 6.18. The summed E-state index contributed by atoms with van der Waals surface area (Å²) in [6, 6.07) is 0. The Bertz CT molecular complexity index is 336. The molecule has 1 atom stereocenters. The van der Waals surface area contributed by atoms with Crippen LogP contribution in [0.1, 0.15) is 0 Å². The van der Waals surface area contributed by atoms with Gasteiger partial charge in [0.25, 0.3) is 0 Å². The van der Waals surface area contributed by atoms with E-state index in [-0.39, 0.29) is 0 Å². The molecule has 0 aliphatic rings. The van der Waals surface area contributed by atoms with Gasteiger partial charge in [-0.15, -0.1) is 0 Å². The summed E-state index contributed by atoms with van der Waals surface area (Å²) in [5, 5.41) is 1.83. The van der Waals surface area contributed by atoms with Crippen LogP contribution in [-0.4, -0.2) is 45.7 Å². The van der Waals surface area contributed by atoms with Crippen LogP contribution in [0.25, 0.3) is 0 Å². The molecule has 0 aromatic carbocycles. The van der Waals surface area contributed by atoms with E-state index < -0.39 is 43.9 Å². The van der Waals surface area contributed by atoms with Crippen molar-refractivity contribution in [3.63, 3.8) is 0 Å². The monoisotopic (exact) mass is 366 g/mol. The highest BCUT2D eigenvalue weighted by Crippen LogP contribution is 2.67. The SMILES string of the molecule is OP(C(C(F)(F)F)C(F)(F)F)C(O)(C(F)(F)F)C(F)(F)F. The zero-order valence-electron chi connectivity index (χ0n) is 8.95. The van der Waals surface area contributed by atoms with Gasteiger partial charge in [-0.1, -0.05) is 0 Å². The van der Waals surface area contributed by atoms with Crippen molar-refractivity contribution in [3.8, 4) is 0 Å². The zero-order valence-corrected chi connectivity index (χ0v) is 9.85. The summed E-state index contributed by atoms with van der Waals surface area (Å²) < 4.78 is 145. The number of halogens is 12. The van der Waals surface area contributed by atoms with E-state index in [9.17, 15) is 52.7 Å². The van der Waals surface area contributed by atoms with E-state index in [0.717, 1.165) is 0 Å². The van der Waals surface area contributed by atoms with Gasteiger partial charge < -0.3 is 10.00 Å². The van der Waals surface area contributed by atoms with Crippen LogP contribution in [0, 0.1) is 0 Å². The third kappa shape index (κ3) is 3.83. The van der Waals surface area contributed by atoms with Gasteiger partial charge >= 0.3 is 30.0 Å². The zero-order chi connectivity index (χ0) is 17.7. The number of aliphatic hydroxyl groups is 1.